The number of carbonyl (C=O) groups excluding carboxylic acids is 2. The Morgan fingerprint density at radius 1 is 1.21 bits per heavy atom. The van der Waals surface area contributed by atoms with E-state index in [0.717, 1.165) is 31.2 Å². The van der Waals surface area contributed by atoms with Crippen LogP contribution in [0.15, 0.2) is 47.5 Å². The molecule has 1 aromatic heterocycles. The minimum atomic E-state index is -0.360. The molecule has 0 aliphatic heterocycles. The summed E-state index contributed by atoms with van der Waals surface area (Å²) in [6, 6.07) is 8.37. The van der Waals surface area contributed by atoms with Crippen LogP contribution in [0.3, 0.4) is 0 Å². The Morgan fingerprint density at radius 3 is 2.83 bits per heavy atom. The lowest BCUT2D eigenvalue weighted by molar-refractivity contribution is -0.146. The summed E-state index contributed by atoms with van der Waals surface area (Å²) in [5, 5.41) is 5.76. The van der Waals surface area contributed by atoms with Crippen molar-refractivity contribution in [2.24, 2.45) is 5.92 Å². The summed E-state index contributed by atoms with van der Waals surface area (Å²) in [6.07, 6.45) is 7.55. The van der Waals surface area contributed by atoms with Crippen molar-refractivity contribution in [2.75, 3.05) is 12.4 Å². The van der Waals surface area contributed by atoms with Crippen LogP contribution in [0.4, 0.5) is 10.5 Å². The number of hydrogen-bond acceptors (Lipinski definition) is 5. The summed E-state index contributed by atoms with van der Waals surface area (Å²) in [7, 11) is 1.38. The molecule has 2 amide bonds. The van der Waals surface area contributed by atoms with Crippen LogP contribution in [0.2, 0.25) is 0 Å². The number of carbonyl (C=O) groups is 2. The molecule has 2 N–H and O–H groups in total. The molecule has 1 fully saturated rings. The lowest BCUT2D eigenvalue weighted by Gasteiger charge is -2.24. The van der Waals surface area contributed by atoms with Crippen molar-refractivity contribution in [1.82, 2.24) is 14.9 Å². The molecule has 1 saturated carbocycles. The van der Waals surface area contributed by atoms with E-state index in [-0.39, 0.29) is 29.6 Å². The molecule has 0 radical (unpaired) electrons. The molecule has 1 aliphatic carbocycles. The Kier molecular flexibility index (Phi) is 6.99. The van der Waals surface area contributed by atoms with Crippen molar-refractivity contribution in [1.29, 1.82) is 0 Å². The van der Waals surface area contributed by atoms with Crippen molar-refractivity contribution in [2.45, 2.75) is 44.7 Å². The number of aromatic nitrogens is 2. The molecule has 3 rings (SSSR count). The van der Waals surface area contributed by atoms with Gasteiger partial charge < -0.3 is 15.4 Å². The summed E-state index contributed by atoms with van der Waals surface area (Å²) in [5.41, 5.74) is 1.14. The zero-order valence-electron chi connectivity index (χ0n) is 16.5. The predicted molar refractivity (Wildman–Crippen MR) is 109 cm³/mol. The number of amides is 2. The van der Waals surface area contributed by atoms with E-state index in [0.29, 0.717) is 18.7 Å². The van der Waals surface area contributed by atoms with Gasteiger partial charge in [0.15, 0.2) is 0 Å². The molecule has 2 atom stereocenters. The Labute approximate surface area is 169 Å². The zero-order chi connectivity index (χ0) is 20.6. The monoisotopic (exact) mass is 398 g/mol. The SMILES string of the molecule is COC(=O)[C@@H]1CCCCC[C@H]1NC(=O)Nc1cccc(Cn2cccnc2=O)c1. The summed E-state index contributed by atoms with van der Waals surface area (Å²) < 4.78 is 6.41. The van der Waals surface area contributed by atoms with Crippen LogP contribution in [-0.2, 0) is 16.1 Å². The first kappa shape index (κ1) is 20.6. The van der Waals surface area contributed by atoms with E-state index in [9.17, 15) is 14.4 Å². The molecule has 29 heavy (non-hydrogen) atoms. The van der Waals surface area contributed by atoms with Gasteiger partial charge in [0.2, 0.25) is 0 Å². The number of nitrogens with one attached hydrogen (secondary N) is 2. The molecule has 8 heteroatoms. The van der Waals surface area contributed by atoms with Gasteiger partial charge in [0.05, 0.1) is 19.6 Å². The van der Waals surface area contributed by atoms with Crippen molar-refractivity contribution >= 4 is 17.7 Å². The third-order valence-corrected chi connectivity index (χ3v) is 5.16. The average molecular weight is 398 g/mol. The summed E-state index contributed by atoms with van der Waals surface area (Å²) in [6.45, 7) is 0.358. The second kappa shape index (κ2) is 9.86. The lowest BCUT2D eigenvalue weighted by Crippen LogP contribution is -2.45. The van der Waals surface area contributed by atoms with E-state index in [1.54, 1.807) is 18.3 Å². The number of methoxy groups -OCH3 is 1. The van der Waals surface area contributed by atoms with Gasteiger partial charge in [0.1, 0.15) is 0 Å². The molecule has 1 heterocycles. The van der Waals surface area contributed by atoms with Gasteiger partial charge in [-0.1, -0.05) is 31.4 Å². The molecule has 0 bridgehead atoms. The third-order valence-electron chi connectivity index (χ3n) is 5.16. The van der Waals surface area contributed by atoms with E-state index in [2.05, 4.69) is 15.6 Å². The highest BCUT2D eigenvalue weighted by molar-refractivity contribution is 5.90. The second-order valence-electron chi connectivity index (χ2n) is 7.20. The highest BCUT2D eigenvalue weighted by Gasteiger charge is 2.31. The molecule has 0 spiro atoms. The van der Waals surface area contributed by atoms with Crippen molar-refractivity contribution < 1.29 is 14.3 Å². The van der Waals surface area contributed by atoms with Crippen molar-refractivity contribution in [3.05, 3.63) is 58.8 Å². The molecule has 8 nitrogen and oxygen atoms in total. The molecule has 0 unspecified atom stereocenters. The standard InChI is InChI=1S/C21H26N4O4/c1-29-19(26)17-9-3-2-4-10-18(17)24-20(27)23-16-8-5-7-15(13-16)14-25-12-6-11-22-21(25)28/h5-8,11-13,17-18H,2-4,9-10,14H2,1H3,(H2,23,24,27)/t17-,18-/m1/s1. The summed E-state index contributed by atoms with van der Waals surface area (Å²) >= 11 is 0. The number of nitrogens with zero attached hydrogens (tertiary/aromatic N) is 2. The number of esters is 1. The Hall–Kier alpha value is -3.16. The molecule has 2 aromatic rings. The summed E-state index contributed by atoms with van der Waals surface area (Å²) in [5.74, 6) is -0.599. The number of ether oxygens (including phenoxy) is 1. The first-order valence-corrected chi connectivity index (χ1v) is 9.82. The lowest BCUT2D eigenvalue weighted by atomic mass is 9.95. The first-order valence-electron chi connectivity index (χ1n) is 9.82. The fourth-order valence-corrected chi connectivity index (χ4v) is 3.70. The Morgan fingerprint density at radius 2 is 2.03 bits per heavy atom. The van der Waals surface area contributed by atoms with Crippen LogP contribution in [0.1, 0.15) is 37.7 Å². The highest BCUT2D eigenvalue weighted by Crippen LogP contribution is 2.25. The van der Waals surface area contributed by atoms with Gasteiger partial charge in [-0.15, -0.1) is 0 Å². The maximum Gasteiger partial charge on any atom is 0.347 e. The largest absolute Gasteiger partial charge is 0.469 e. The van der Waals surface area contributed by atoms with Crippen LogP contribution in [-0.4, -0.2) is 34.7 Å². The number of anilines is 1. The van der Waals surface area contributed by atoms with Crippen LogP contribution < -0.4 is 16.3 Å². The van der Waals surface area contributed by atoms with Gasteiger partial charge in [-0.05, 0) is 36.6 Å². The van der Waals surface area contributed by atoms with Crippen molar-refractivity contribution in [3.8, 4) is 0 Å². The first-order chi connectivity index (χ1) is 14.1. The van der Waals surface area contributed by atoms with E-state index in [4.69, 9.17) is 4.74 Å². The number of rotatable bonds is 5. The van der Waals surface area contributed by atoms with E-state index in [1.807, 2.05) is 18.2 Å². The van der Waals surface area contributed by atoms with Crippen LogP contribution >= 0.6 is 0 Å². The van der Waals surface area contributed by atoms with Gasteiger partial charge in [0, 0.05) is 24.1 Å². The van der Waals surface area contributed by atoms with Crippen molar-refractivity contribution in [3.63, 3.8) is 0 Å². The maximum atomic E-state index is 12.5. The highest BCUT2D eigenvalue weighted by atomic mass is 16.5. The Balaban J connectivity index is 1.65. The minimum absolute atomic E-state index is 0.248. The van der Waals surface area contributed by atoms with E-state index in [1.165, 1.54) is 17.9 Å². The van der Waals surface area contributed by atoms with Gasteiger partial charge in [-0.25, -0.2) is 14.6 Å². The molecule has 1 aliphatic rings. The number of benzene rings is 1. The predicted octanol–water partition coefficient (Wildman–Crippen LogP) is 2.54. The molecule has 154 valence electrons. The number of urea groups is 1. The fraction of sp³-hybridized carbons (Fsp3) is 0.429. The van der Waals surface area contributed by atoms with Crippen LogP contribution in [0.5, 0.6) is 0 Å². The average Bonchev–Trinajstić information content (AvgIpc) is 2.95. The van der Waals surface area contributed by atoms with Gasteiger partial charge >= 0.3 is 17.7 Å². The van der Waals surface area contributed by atoms with Gasteiger partial charge in [0.25, 0.3) is 0 Å². The van der Waals surface area contributed by atoms with Crippen LogP contribution in [0.25, 0.3) is 0 Å². The molecular weight excluding hydrogens is 372 g/mol. The second-order valence-corrected chi connectivity index (χ2v) is 7.20. The molecule has 1 aromatic carbocycles. The third kappa shape index (κ3) is 5.66. The quantitative estimate of drug-likeness (QED) is 0.595. The van der Waals surface area contributed by atoms with Crippen LogP contribution in [0, 0.1) is 5.92 Å². The zero-order valence-corrected chi connectivity index (χ0v) is 16.5. The Bertz CT molecular complexity index is 911. The summed E-state index contributed by atoms with van der Waals surface area (Å²) in [4.78, 5) is 40.1. The van der Waals surface area contributed by atoms with E-state index < -0.39 is 0 Å². The molecule has 0 saturated heterocycles. The molecular formula is C21H26N4O4. The van der Waals surface area contributed by atoms with E-state index >= 15 is 0 Å². The normalized spacial score (nSPS) is 19.1. The van der Waals surface area contributed by atoms with Gasteiger partial charge in [-0.3, -0.25) is 9.36 Å². The maximum absolute atomic E-state index is 12.5. The van der Waals surface area contributed by atoms with Gasteiger partial charge in [-0.2, -0.15) is 0 Å². The fourth-order valence-electron chi connectivity index (χ4n) is 3.70. The minimum Gasteiger partial charge on any atom is -0.469 e. The topological polar surface area (TPSA) is 102 Å². The smallest absolute Gasteiger partial charge is 0.347 e. The number of hydrogen-bond donors (Lipinski definition) is 2.